The molecule has 0 heterocycles. The summed E-state index contributed by atoms with van der Waals surface area (Å²) in [6.45, 7) is 3.59. The van der Waals surface area contributed by atoms with Crippen molar-refractivity contribution in [2.75, 3.05) is 0 Å². The number of hydrogen-bond donors (Lipinski definition) is 2. The number of primary sulfonamides is 1. The van der Waals surface area contributed by atoms with E-state index in [1.54, 1.807) is 31.2 Å². The van der Waals surface area contributed by atoms with Crippen LogP contribution in [0.15, 0.2) is 41.3 Å². The SMILES string of the molecule is Cc1c(C(=O)O)ccc(-c2ccc(S(N)(=O)=O)cc2)c1C. The molecule has 0 unspecified atom stereocenters. The van der Waals surface area contributed by atoms with Gasteiger partial charge in [-0.15, -0.1) is 0 Å². The lowest BCUT2D eigenvalue weighted by atomic mass is 9.94. The minimum absolute atomic E-state index is 0.0442. The minimum Gasteiger partial charge on any atom is -0.478 e. The van der Waals surface area contributed by atoms with E-state index >= 15 is 0 Å². The van der Waals surface area contributed by atoms with Crippen molar-refractivity contribution in [2.24, 2.45) is 5.14 Å². The maximum absolute atomic E-state index is 11.2. The van der Waals surface area contributed by atoms with Crippen LogP contribution in [0.4, 0.5) is 0 Å². The van der Waals surface area contributed by atoms with Gasteiger partial charge in [-0.25, -0.2) is 18.4 Å². The molecule has 3 N–H and O–H groups in total. The van der Waals surface area contributed by atoms with E-state index in [2.05, 4.69) is 0 Å². The van der Waals surface area contributed by atoms with Crippen LogP contribution in [0, 0.1) is 13.8 Å². The highest BCUT2D eigenvalue weighted by Crippen LogP contribution is 2.28. The van der Waals surface area contributed by atoms with Crippen molar-refractivity contribution in [1.29, 1.82) is 0 Å². The monoisotopic (exact) mass is 305 g/mol. The highest BCUT2D eigenvalue weighted by atomic mass is 32.2. The normalized spacial score (nSPS) is 11.4. The van der Waals surface area contributed by atoms with Crippen LogP contribution in [0.2, 0.25) is 0 Å². The molecule has 0 radical (unpaired) electrons. The lowest BCUT2D eigenvalue weighted by Crippen LogP contribution is -2.11. The number of nitrogens with two attached hydrogens (primary N) is 1. The lowest BCUT2D eigenvalue weighted by molar-refractivity contribution is 0.0696. The third-order valence-electron chi connectivity index (χ3n) is 3.51. The molecule has 0 aliphatic rings. The van der Waals surface area contributed by atoms with Crippen LogP contribution in [0.5, 0.6) is 0 Å². The lowest BCUT2D eigenvalue weighted by Gasteiger charge is -2.12. The molecule has 2 aromatic carbocycles. The average molecular weight is 305 g/mol. The zero-order valence-corrected chi connectivity index (χ0v) is 12.4. The predicted molar refractivity (Wildman–Crippen MR) is 79.7 cm³/mol. The number of benzene rings is 2. The number of hydrogen-bond acceptors (Lipinski definition) is 3. The molecular weight excluding hydrogens is 290 g/mol. The summed E-state index contributed by atoms with van der Waals surface area (Å²) in [7, 11) is -3.72. The van der Waals surface area contributed by atoms with Crippen LogP contribution in [0.25, 0.3) is 11.1 Å². The number of aromatic carboxylic acids is 1. The summed E-state index contributed by atoms with van der Waals surface area (Å²) in [6, 6.07) is 9.45. The van der Waals surface area contributed by atoms with E-state index in [-0.39, 0.29) is 10.5 Å². The Labute approximate surface area is 123 Å². The van der Waals surface area contributed by atoms with Crippen LogP contribution >= 0.6 is 0 Å². The Kier molecular flexibility index (Phi) is 3.85. The van der Waals surface area contributed by atoms with Crippen molar-refractivity contribution in [3.05, 3.63) is 53.1 Å². The van der Waals surface area contributed by atoms with Gasteiger partial charge in [0.15, 0.2) is 0 Å². The van der Waals surface area contributed by atoms with Gasteiger partial charge in [-0.3, -0.25) is 0 Å². The van der Waals surface area contributed by atoms with E-state index in [0.29, 0.717) is 5.56 Å². The van der Waals surface area contributed by atoms with Crippen LogP contribution in [0.3, 0.4) is 0 Å². The van der Waals surface area contributed by atoms with E-state index < -0.39 is 16.0 Å². The molecule has 5 nitrogen and oxygen atoms in total. The summed E-state index contributed by atoms with van der Waals surface area (Å²) in [4.78, 5) is 11.1. The first-order chi connectivity index (χ1) is 9.71. The van der Waals surface area contributed by atoms with Crippen LogP contribution in [-0.4, -0.2) is 19.5 Å². The van der Waals surface area contributed by atoms with Gasteiger partial charge in [-0.2, -0.15) is 0 Å². The summed E-state index contributed by atoms with van der Waals surface area (Å²) in [5, 5.41) is 14.2. The summed E-state index contributed by atoms with van der Waals surface area (Å²) in [5.74, 6) is -0.966. The standard InChI is InChI=1S/C15H15NO4S/c1-9-10(2)14(15(17)18)8-7-13(9)11-3-5-12(6-4-11)21(16,19)20/h3-8H,1-2H3,(H,17,18)(H2,16,19,20). The van der Waals surface area contributed by atoms with E-state index in [1.165, 1.54) is 12.1 Å². The summed E-state index contributed by atoms with van der Waals surface area (Å²) in [5.41, 5.74) is 3.46. The summed E-state index contributed by atoms with van der Waals surface area (Å²) >= 11 is 0. The maximum Gasteiger partial charge on any atom is 0.335 e. The first-order valence-corrected chi connectivity index (χ1v) is 7.73. The molecule has 2 aromatic rings. The van der Waals surface area contributed by atoms with E-state index in [1.807, 2.05) is 6.92 Å². The van der Waals surface area contributed by atoms with E-state index in [9.17, 15) is 13.2 Å². The first-order valence-electron chi connectivity index (χ1n) is 6.18. The molecule has 0 aliphatic heterocycles. The first kappa shape index (κ1) is 15.2. The number of sulfonamides is 1. The molecule has 0 spiro atoms. The maximum atomic E-state index is 11.2. The van der Waals surface area contributed by atoms with Crippen molar-refractivity contribution >= 4 is 16.0 Å². The second-order valence-corrected chi connectivity index (χ2v) is 6.35. The number of carbonyl (C=O) groups is 1. The predicted octanol–water partition coefficient (Wildman–Crippen LogP) is 2.32. The van der Waals surface area contributed by atoms with Gasteiger partial charge in [0.1, 0.15) is 0 Å². The second-order valence-electron chi connectivity index (χ2n) is 4.79. The fourth-order valence-electron chi connectivity index (χ4n) is 2.19. The van der Waals surface area contributed by atoms with Crippen LogP contribution in [0.1, 0.15) is 21.5 Å². The zero-order chi connectivity index (χ0) is 15.8. The Morgan fingerprint density at radius 1 is 1.00 bits per heavy atom. The minimum atomic E-state index is -3.72. The molecule has 2 rings (SSSR count). The summed E-state index contributed by atoms with van der Waals surface area (Å²) < 4.78 is 22.5. The largest absolute Gasteiger partial charge is 0.478 e. The topological polar surface area (TPSA) is 97.5 Å². The molecule has 0 bridgehead atoms. The van der Waals surface area contributed by atoms with E-state index in [0.717, 1.165) is 16.7 Å². The fraction of sp³-hybridized carbons (Fsp3) is 0.133. The van der Waals surface area contributed by atoms with Crippen molar-refractivity contribution in [2.45, 2.75) is 18.7 Å². The molecule has 6 heteroatoms. The van der Waals surface area contributed by atoms with Crippen molar-refractivity contribution in [1.82, 2.24) is 0 Å². The van der Waals surface area contributed by atoms with Gasteiger partial charge in [0, 0.05) is 0 Å². The molecule has 0 fully saturated rings. The van der Waals surface area contributed by atoms with Gasteiger partial charge in [-0.05, 0) is 54.3 Å². The fourth-order valence-corrected chi connectivity index (χ4v) is 2.70. The highest BCUT2D eigenvalue weighted by Gasteiger charge is 2.13. The quantitative estimate of drug-likeness (QED) is 0.909. The molecule has 0 aliphatic carbocycles. The van der Waals surface area contributed by atoms with Gasteiger partial charge < -0.3 is 5.11 Å². The van der Waals surface area contributed by atoms with Gasteiger partial charge in [-0.1, -0.05) is 18.2 Å². The average Bonchev–Trinajstić information content (AvgIpc) is 2.40. The van der Waals surface area contributed by atoms with Gasteiger partial charge in [0.25, 0.3) is 0 Å². The Morgan fingerprint density at radius 3 is 2.05 bits per heavy atom. The molecule has 110 valence electrons. The zero-order valence-electron chi connectivity index (χ0n) is 11.6. The molecule has 0 amide bonds. The number of carboxylic acids is 1. The van der Waals surface area contributed by atoms with Gasteiger partial charge in [0.2, 0.25) is 10.0 Å². The van der Waals surface area contributed by atoms with Crippen molar-refractivity contribution in [3.63, 3.8) is 0 Å². The molecular formula is C15H15NO4S. The molecule has 0 saturated carbocycles. The Balaban J connectivity index is 2.53. The molecule has 0 saturated heterocycles. The van der Waals surface area contributed by atoms with Gasteiger partial charge >= 0.3 is 5.97 Å². The molecule has 21 heavy (non-hydrogen) atoms. The third kappa shape index (κ3) is 2.96. The third-order valence-corrected chi connectivity index (χ3v) is 4.44. The molecule has 0 aromatic heterocycles. The Morgan fingerprint density at radius 2 is 1.57 bits per heavy atom. The smallest absolute Gasteiger partial charge is 0.335 e. The molecule has 0 atom stereocenters. The number of rotatable bonds is 3. The summed E-state index contributed by atoms with van der Waals surface area (Å²) in [6.07, 6.45) is 0. The van der Waals surface area contributed by atoms with Crippen molar-refractivity contribution in [3.8, 4) is 11.1 Å². The van der Waals surface area contributed by atoms with Crippen LogP contribution in [-0.2, 0) is 10.0 Å². The van der Waals surface area contributed by atoms with E-state index in [4.69, 9.17) is 10.2 Å². The van der Waals surface area contributed by atoms with Crippen molar-refractivity contribution < 1.29 is 18.3 Å². The Hall–Kier alpha value is -2.18. The Bertz CT molecular complexity index is 808. The van der Waals surface area contributed by atoms with Crippen LogP contribution < -0.4 is 5.14 Å². The number of carboxylic acid groups (broad SMARTS) is 1. The highest BCUT2D eigenvalue weighted by molar-refractivity contribution is 7.89. The second kappa shape index (κ2) is 5.31. The van der Waals surface area contributed by atoms with Gasteiger partial charge in [0.05, 0.1) is 10.5 Å².